The van der Waals surface area contributed by atoms with Crippen LogP contribution >= 0.6 is 23.2 Å². The number of carbonyl (C=O) groups is 1. The fourth-order valence-electron chi connectivity index (χ4n) is 2.40. The lowest BCUT2D eigenvalue weighted by Crippen LogP contribution is -2.50. The summed E-state index contributed by atoms with van der Waals surface area (Å²) in [6.45, 7) is 1.45. The first-order chi connectivity index (χ1) is 11.5. The van der Waals surface area contributed by atoms with Gasteiger partial charge < -0.3 is 5.11 Å². The largest absolute Gasteiger partial charge is 0.478 e. The molecule has 0 amide bonds. The second kappa shape index (κ2) is 7.37. The van der Waals surface area contributed by atoms with Crippen molar-refractivity contribution < 1.29 is 26.7 Å². The molecule has 0 spiro atoms. The smallest absolute Gasteiger partial charge is 0.337 e. The van der Waals surface area contributed by atoms with Crippen LogP contribution in [-0.4, -0.2) is 68.5 Å². The molecule has 0 aliphatic carbocycles. The molecule has 1 aromatic rings. The van der Waals surface area contributed by atoms with Gasteiger partial charge in [-0.15, -0.1) is 0 Å². The van der Waals surface area contributed by atoms with E-state index in [9.17, 15) is 21.6 Å². The SMILES string of the molecule is CCS(=O)(=O)N1CCN(S(=O)(=O)c2cc(C(=O)O)c(Cl)cc2Cl)CC1. The third kappa shape index (κ3) is 4.09. The highest BCUT2D eigenvalue weighted by atomic mass is 35.5. The summed E-state index contributed by atoms with van der Waals surface area (Å²) in [7, 11) is -7.48. The molecule has 0 aromatic heterocycles. The molecule has 1 fully saturated rings. The lowest BCUT2D eigenvalue weighted by molar-refractivity contribution is 0.0697. The van der Waals surface area contributed by atoms with E-state index in [0.717, 1.165) is 16.4 Å². The highest BCUT2D eigenvalue weighted by Crippen LogP contribution is 2.31. The fourth-order valence-corrected chi connectivity index (χ4v) is 5.74. The Bertz CT molecular complexity index is 893. The van der Waals surface area contributed by atoms with Crippen LogP contribution in [0.5, 0.6) is 0 Å². The second-order valence-corrected chi connectivity index (χ2v) is 10.2. The maximum absolute atomic E-state index is 12.8. The average Bonchev–Trinajstić information content (AvgIpc) is 2.54. The molecule has 0 bridgehead atoms. The minimum Gasteiger partial charge on any atom is -0.478 e. The number of hydrogen-bond donors (Lipinski definition) is 1. The van der Waals surface area contributed by atoms with Gasteiger partial charge in [0.2, 0.25) is 20.0 Å². The molecule has 2 rings (SSSR count). The van der Waals surface area contributed by atoms with Crippen LogP contribution in [0.15, 0.2) is 17.0 Å². The lowest BCUT2D eigenvalue weighted by Gasteiger charge is -2.33. The fraction of sp³-hybridized carbons (Fsp3) is 0.462. The molecule has 0 unspecified atom stereocenters. The molecule has 0 atom stereocenters. The third-order valence-corrected chi connectivity index (χ3v) is 8.38. The van der Waals surface area contributed by atoms with Crippen molar-refractivity contribution in [2.75, 3.05) is 31.9 Å². The molecule has 8 nitrogen and oxygen atoms in total. The van der Waals surface area contributed by atoms with Crippen molar-refractivity contribution in [2.24, 2.45) is 0 Å². The van der Waals surface area contributed by atoms with E-state index in [2.05, 4.69) is 0 Å². The van der Waals surface area contributed by atoms with Gasteiger partial charge >= 0.3 is 5.97 Å². The van der Waals surface area contributed by atoms with E-state index in [1.807, 2.05) is 0 Å². The zero-order valence-electron chi connectivity index (χ0n) is 13.1. The van der Waals surface area contributed by atoms with Crippen molar-refractivity contribution in [3.8, 4) is 0 Å². The summed E-state index contributed by atoms with van der Waals surface area (Å²) >= 11 is 11.7. The molecule has 0 radical (unpaired) electrons. The summed E-state index contributed by atoms with van der Waals surface area (Å²) in [5.41, 5.74) is -0.378. The highest BCUT2D eigenvalue weighted by molar-refractivity contribution is 7.89. The first-order valence-electron chi connectivity index (χ1n) is 7.21. The monoisotopic (exact) mass is 430 g/mol. The lowest BCUT2D eigenvalue weighted by atomic mass is 10.2. The molecule has 140 valence electrons. The van der Waals surface area contributed by atoms with Crippen LogP contribution in [0.4, 0.5) is 0 Å². The minimum absolute atomic E-state index is 0.0202. The van der Waals surface area contributed by atoms with Gasteiger partial charge in [0.25, 0.3) is 0 Å². The number of nitrogens with zero attached hydrogens (tertiary/aromatic N) is 2. The molecule has 1 aliphatic heterocycles. The summed E-state index contributed by atoms with van der Waals surface area (Å²) in [6, 6.07) is 1.98. The number of sulfonamides is 2. The molecule has 12 heteroatoms. The maximum Gasteiger partial charge on any atom is 0.337 e. The van der Waals surface area contributed by atoms with Gasteiger partial charge in [0.15, 0.2) is 0 Å². The van der Waals surface area contributed by atoms with Gasteiger partial charge in [-0.05, 0) is 19.1 Å². The average molecular weight is 431 g/mol. The number of halogens is 2. The summed E-state index contributed by atoms with van der Waals surface area (Å²) in [5.74, 6) is -1.44. The Balaban J connectivity index is 2.32. The number of hydrogen-bond acceptors (Lipinski definition) is 5. The first-order valence-corrected chi connectivity index (χ1v) is 11.0. The van der Waals surface area contributed by atoms with E-state index >= 15 is 0 Å². The molecule has 1 aliphatic rings. The van der Waals surface area contributed by atoms with Crippen LogP contribution in [-0.2, 0) is 20.0 Å². The van der Waals surface area contributed by atoms with E-state index < -0.39 is 26.0 Å². The Labute approximate surface area is 156 Å². The summed E-state index contributed by atoms with van der Waals surface area (Å²) in [6.07, 6.45) is 0. The molecule has 1 saturated heterocycles. The maximum atomic E-state index is 12.8. The van der Waals surface area contributed by atoms with Crippen LogP contribution in [0, 0.1) is 0 Å². The quantitative estimate of drug-likeness (QED) is 0.753. The Hall–Kier alpha value is -0.910. The molecule has 1 N–H and O–H groups in total. The highest BCUT2D eigenvalue weighted by Gasteiger charge is 2.34. The van der Waals surface area contributed by atoms with Crippen molar-refractivity contribution in [1.82, 2.24) is 8.61 Å². The van der Waals surface area contributed by atoms with E-state index in [-0.39, 0.29) is 52.4 Å². The minimum atomic E-state index is -4.08. The van der Waals surface area contributed by atoms with Gasteiger partial charge in [-0.25, -0.2) is 21.6 Å². The van der Waals surface area contributed by atoms with E-state index in [0.29, 0.717) is 0 Å². The van der Waals surface area contributed by atoms with Crippen LogP contribution < -0.4 is 0 Å². The van der Waals surface area contributed by atoms with E-state index in [1.54, 1.807) is 0 Å². The predicted molar refractivity (Wildman–Crippen MR) is 93.2 cm³/mol. The first kappa shape index (κ1) is 20.4. The van der Waals surface area contributed by atoms with Crippen LogP contribution in [0.1, 0.15) is 17.3 Å². The number of aromatic carboxylic acids is 1. The van der Waals surface area contributed by atoms with Crippen LogP contribution in [0.25, 0.3) is 0 Å². The van der Waals surface area contributed by atoms with Crippen molar-refractivity contribution in [2.45, 2.75) is 11.8 Å². The molecule has 1 heterocycles. The van der Waals surface area contributed by atoms with Crippen molar-refractivity contribution in [3.05, 3.63) is 27.7 Å². The van der Waals surface area contributed by atoms with E-state index in [1.165, 1.54) is 11.2 Å². The normalized spacial score (nSPS) is 17.6. The van der Waals surface area contributed by atoms with Crippen LogP contribution in [0.2, 0.25) is 10.0 Å². The predicted octanol–water partition coefficient (Wildman–Crippen LogP) is 1.35. The van der Waals surface area contributed by atoms with Gasteiger partial charge in [0.1, 0.15) is 4.90 Å². The summed E-state index contributed by atoms with van der Waals surface area (Å²) in [4.78, 5) is 10.8. The number of rotatable bonds is 5. The van der Waals surface area contributed by atoms with Crippen molar-refractivity contribution in [1.29, 1.82) is 0 Å². The molecular weight excluding hydrogens is 415 g/mol. The Morgan fingerprint density at radius 1 is 1.04 bits per heavy atom. The van der Waals surface area contributed by atoms with Crippen LogP contribution in [0.3, 0.4) is 0 Å². The number of benzene rings is 1. The molecule has 25 heavy (non-hydrogen) atoms. The number of carboxylic acids is 1. The van der Waals surface area contributed by atoms with Gasteiger partial charge in [-0.1, -0.05) is 23.2 Å². The second-order valence-electron chi connectivity index (χ2n) is 5.27. The number of carboxylic acid groups (broad SMARTS) is 1. The van der Waals surface area contributed by atoms with Gasteiger partial charge in [-0.2, -0.15) is 8.61 Å². The summed E-state index contributed by atoms with van der Waals surface area (Å²) < 4.78 is 51.5. The summed E-state index contributed by atoms with van der Waals surface area (Å²) in [5, 5.41) is 8.73. The molecule has 0 saturated carbocycles. The Morgan fingerprint density at radius 3 is 2.04 bits per heavy atom. The van der Waals surface area contributed by atoms with E-state index in [4.69, 9.17) is 28.3 Å². The third-order valence-electron chi connectivity index (χ3n) is 3.83. The van der Waals surface area contributed by atoms with Gasteiger partial charge in [0, 0.05) is 26.2 Å². The molecular formula is C13H16Cl2N2O6S2. The topological polar surface area (TPSA) is 112 Å². The van der Waals surface area contributed by atoms with Crippen molar-refractivity contribution >= 4 is 49.2 Å². The van der Waals surface area contributed by atoms with Crippen molar-refractivity contribution in [3.63, 3.8) is 0 Å². The Morgan fingerprint density at radius 2 is 1.56 bits per heavy atom. The Kier molecular flexibility index (Phi) is 6.02. The number of piperazine rings is 1. The zero-order chi connectivity index (χ0) is 19.0. The molecule has 1 aromatic carbocycles. The standard InChI is InChI=1S/C13H16Cl2N2O6S2/c1-2-24(20,21)16-3-5-17(6-4-16)25(22,23)12-7-9(13(18)19)10(14)8-11(12)15/h7-8H,2-6H2,1H3,(H,18,19). The van der Waals surface area contributed by atoms with Gasteiger partial charge in [-0.3, -0.25) is 0 Å². The van der Waals surface area contributed by atoms with Gasteiger partial charge in [0.05, 0.1) is 21.4 Å². The zero-order valence-corrected chi connectivity index (χ0v) is 16.3.